The minimum Gasteiger partial charge on any atom is -0.494 e. The number of ether oxygens (including phenoxy) is 1. The van der Waals surface area contributed by atoms with Crippen LogP contribution < -0.4 is 10.1 Å². The Balaban J connectivity index is 1.77. The summed E-state index contributed by atoms with van der Waals surface area (Å²) >= 11 is 0. The van der Waals surface area contributed by atoms with E-state index < -0.39 is 17.3 Å². The van der Waals surface area contributed by atoms with Crippen LogP contribution in [0, 0.1) is 11.3 Å². The number of rotatable bonds is 7. The van der Waals surface area contributed by atoms with Crippen LogP contribution in [0.1, 0.15) is 23.1 Å². The van der Waals surface area contributed by atoms with Crippen molar-refractivity contribution in [2.75, 3.05) is 13.2 Å². The highest BCUT2D eigenvalue weighted by molar-refractivity contribution is 5.44. The van der Waals surface area contributed by atoms with Crippen LogP contribution in [0.4, 0.5) is 13.2 Å². The van der Waals surface area contributed by atoms with Crippen molar-refractivity contribution in [3.63, 3.8) is 0 Å². The average Bonchev–Trinajstić information content (AvgIpc) is 2.58. The van der Waals surface area contributed by atoms with E-state index in [9.17, 15) is 13.2 Å². The lowest BCUT2D eigenvalue weighted by Crippen LogP contribution is -2.17. The third-order valence-electron chi connectivity index (χ3n) is 3.36. The highest BCUT2D eigenvalue weighted by atomic mass is 19.4. The molecular weight excluding hydrogens is 317 g/mol. The minimum absolute atomic E-state index is 0.115. The Bertz CT molecular complexity index is 694. The van der Waals surface area contributed by atoms with E-state index in [1.807, 2.05) is 30.3 Å². The summed E-state index contributed by atoms with van der Waals surface area (Å²) in [7, 11) is 0. The molecule has 0 saturated heterocycles. The normalized spacial score (nSPS) is 11.1. The molecule has 24 heavy (non-hydrogen) atoms. The lowest BCUT2D eigenvalue weighted by molar-refractivity contribution is -0.137. The van der Waals surface area contributed by atoms with Gasteiger partial charge in [-0.3, -0.25) is 0 Å². The van der Waals surface area contributed by atoms with E-state index in [4.69, 9.17) is 10.00 Å². The molecule has 2 aromatic rings. The molecule has 0 bridgehead atoms. The third-order valence-corrected chi connectivity index (χ3v) is 3.36. The van der Waals surface area contributed by atoms with Crippen LogP contribution in [0.2, 0.25) is 0 Å². The molecule has 0 heterocycles. The van der Waals surface area contributed by atoms with Gasteiger partial charge >= 0.3 is 6.18 Å². The predicted molar refractivity (Wildman–Crippen MR) is 84.4 cm³/mol. The van der Waals surface area contributed by atoms with Gasteiger partial charge in [-0.2, -0.15) is 18.4 Å². The summed E-state index contributed by atoms with van der Waals surface area (Å²) in [5, 5.41) is 12.0. The molecule has 0 radical (unpaired) electrons. The number of alkyl halides is 3. The first kappa shape index (κ1) is 17.8. The molecule has 0 aliphatic rings. The molecule has 0 aliphatic heterocycles. The third kappa shape index (κ3) is 5.28. The van der Waals surface area contributed by atoms with Gasteiger partial charge in [0.05, 0.1) is 23.8 Å². The van der Waals surface area contributed by atoms with Crippen LogP contribution in [-0.4, -0.2) is 13.2 Å². The lowest BCUT2D eigenvalue weighted by atomic mass is 10.1. The predicted octanol–water partition coefficient (Wildman–Crippen LogP) is 4.14. The van der Waals surface area contributed by atoms with E-state index in [0.717, 1.165) is 18.7 Å². The maximum atomic E-state index is 12.8. The molecule has 0 saturated carbocycles. The molecule has 6 heteroatoms. The summed E-state index contributed by atoms with van der Waals surface area (Å²) in [4.78, 5) is 0. The van der Waals surface area contributed by atoms with Crippen molar-refractivity contribution in [2.45, 2.75) is 19.1 Å². The first-order valence-corrected chi connectivity index (χ1v) is 7.49. The van der Waals surface area contributed by atoms with Crippen LogP contribution in [-0.2, 0) is 12.7 Å². The fourth-order valence-corrected chi connectivity index (χ4v) is 2.16. The number of nitrogens with zero attached hydrogens (tertiary/aromatic N) is 1. The number of nitriles is 1. The van der Waals surface area contributed by atoms with E-state index in [-0.39, 0.29) is 5.75 Å². The van der Waals surface area contributed by atoms with Crippen molar-refractivity contribution < 1.29 is 17.9 Å². The number of hydrogen-bond acceptors (Lipinski definition) is 3. The highest BCUT2D eigenvalue weighted by Gasteiger charge is 2.34. The quantitative estimate of drug-likeness (QED) is 0.774. The molecule has 1 N–H and O–H groups in total. The molecule has 0 spiro atoms. The van der Waals surface area contributed by atoms with Gasteiger partial charge in [0.15, 0.2) is 0 Å². The summed E-state index contributed by atoms with van der Waals surface area (Å²) in [6, 6.07) is 14.8. The summed E-state index contributed by atoms with van der Waals surface area (Å²) in [5.74, 6) is 0.115. The number of halogens is 3. The SMILES string of the molecule is N#Cc1ccc(OCCCNCc2ccccc2)cc1C(F)(F)F. The molecule has 3 nitrogen and oxygen atoms in total. The van der Waals surface area contributed by atoms with Gasteiger partial charge in [-0.1, -0.05) is 30.3 Å². The van der Waals surface area contributed by atoms with Crippen molar-refractivity contribution in [3.8, 4) is 11.8 Å². The van der Waals surface area contributed by atoms with Crippen molar-refractivity contribution >= 4 is 0 Å². The van der Waals surface area contributed by atoms with E-state index in [1.54, 1.807) is 6.07 Å². The molecule has 0 atom stereocenters. The lowest BCUT2D eigenvalue weighted by Gasteiger charge is -2.12. The van der Waals surface area contributed by atoms with E-state index >= 15 is 0 Å². The van der Waals surface area contributed by atoms with Crippen LogP contribution in [0.25, 0.3) is 0 Å². The molecule has 0 fully saturated rings. The van der Waals surface area contributed by atoms with Gasteiger partial charge in [0, 0.05) is 6.54 Å². The molecular formula is C18H17F3N2O. The van der Waals surface area contributed by atoms with Crippen molar-refractivity contribution in [1.29, 1.82) is 5.26 Å². The monoisotopic (exact) mass is 334 g/mol. The van der Waals surface area contributed by atoms with Crippen LogP contribution in [0.3, 0.4) is 0 Å². The standard InChI is InChI=1S/C18H17F3N2O/c19-18(20,21)17-11-16(8-7-15(17)12-22)24-10-4-9-23-13-14-5-2-1-3-6-14/h1-3,5-8,11,23H,4,9-10,13H2. The second-order valence-corrected chi connectivity index (χ2v) is 5.18. The maximum Gasteiger partial charge on any atom is 0.417 e. The van der Waals surface area contributed by atoms with Crippen molar-refractivity contribution in [1.82, 2.24) is 5.32 Å². The number of hydrogen-bond donors (Lipinski definition) is 1. The summed E-state index contributed by atoms with van der Waals surface area (Å²) in [5.41, 5.74) is -0.204. The van der Waals surface area contributed by atoms with Crippen LogP contribution >= 0.6 is 0 Å². The second-order valence-electron chi connectivity index (χ2n) is 5.18. The van der Waals surface area contributed by atoms with Crippen molar-refractivity contribution in [3.05, 3.63) is 65.2 Å². The van der Waals surface area contributed by atoms with E-state index in [2.05, 4.69) is 5.32 Å². The van der Waals surface area contributed by atoms with Gasteiger partial charge in [-0.25, -0.2) is 0 Å². The van der Waals surface area contributed by atoms with E-state index in [1.165, 1.54) is 11.6 Å². The Hall–Kier alpha value is -2.52. The van der Waals surface area contributed by atoms with E-state index in [0.29, 0.717) is 19.6 Å². The average molecular weight is 334 g/mol. The van der Waals surface area contributed by atoms with Gasteiger partial charge in [-0.15, -0.1) is 0 Å². The molecule has 0 aliphatic carbocycles. The molecule has 0 amide bonds. The van der Waals surface area contributed by atoms with Crippen molar-refractivity contribution in [2.24, 2.45) is 0 Å². The first-order valence-electron chi connectivity index (χ1n) is 7.49. The van der Waals surface area contributed by atoms with Crippen LogP contribution in [0.15, 0.2) is 48.5 Å². The molecule has 0 unspecified atom stereocenters. The van der Waals surface area contributed by atoms with Gasteiger partial charge in [0.2, 0.25) is 0 Å². The zero-order valence-electron chi connectivity index (χ0n) is 12.9. The Morgan fingerprint density at radius 1 is 1.08 bits per heavy atom. The van der Waals surface area contributed by atoms with Gasteiger partial charge < -0.3 is 10.1 Å². The highest BCUT2D eigenvalue weighted by Crippen LogP contribution is 2.34. The maximum absolute atomic E-state index is 12.8. The summed E-state index contributed by atoms with van der Waals surface area (Å²) in [6.07, 6.45) is -3.91. The number of nitrogens with one attached hydrogen (secondary N) is 1. The van der Waals surface area contributed by atoms with Gasteiger partial charge in [0.1, 0.15) is 5.75 Å². The topological polar surface area (TPSA) is 45.0 Å². The molecule has 2 rings (SSSR count). The second kappa shape index (κ2) is 8.37. The smallest absolute Gasteiger partial charge is 0.417 e. The van der Waals surface area contributed by atoms with Gasteiger partial charge in [-0.05, 0) is 36.7 Å². The Kier molecular flexibility index (Phi) is 6.21. The first-order chi connectivity index (χ1) is 11.5. The largest absolute Gasteiger partial charge is 0.494 e. The van der Waals surface area contributed by atoms with Crippen LogP contribution in [0.5, 0.6) is 5.75 Å². The fourth-order valence-electron chi connectivity index (χ4n) is 2.16. The zero-order chi connectivity index (χ0) is 17.4. The Morgan fingerprint density at radius 3 is 2.50 bits per heavy atom. The zero-order valence-corrected chi connectivity index (χ0v) is 12.9. The Labute approximate surface area is 138 Å². The molecule has 2 aromatic carbocycles. The summed E-state index contributed by atoms with van der Waals surface area (Å²) in [6.45, 7) is 1.72. The Morgan fingerprint density at radius 2 is 1.83 bits per heavy atom. The number of benzene rings is 2. The molecule has 126 valence electrons. The fraction of sp³-hybridized carbons (Fsp3) is 0.278. The summed E-state index contributed by atoms with van der Waals surface area (Å²) < 4.78 is 43.9. The minimum atomic E-state index is -4.57. The van der Waals surface area contributed by atoms with Gasteiger partial charge in [0.25, 0.3) is 0 Å². The molecule has 0 aromatic heterocycles.